The fraction of sp³-hybridized carbons (Fsp3) is 0.318. The van der Waals surface area contributed by atoms with Crippen LogP contribution in [0.4, 0.5) is 4.39 Å². The quantitative estimate of drug-likeness (QED) is 0.641. The molecule has 0 aliphatic carbocycles. The molecule has 0 radical (unpaired) electrons. The van der Waals surface area contributed by atoms with Crippen LogP contribution in [0.2, 0.25) is 5.02 Å². The Morgan fingerprint density at radius 2 is 1.90 bits per heavy atom. The van der Waals surface area contributed by atoms with Crippen molar-refractivity contribution >= 4 is 17.5 Å². The molecular weight excluding hydrogens is 407 g/mol. The Morgan fingerprint density at radius 1 is 1.17 bits per heavy atom. The van der Waals surface area contributed by atoms with Crippen LogP contribution in [-0.2, 0) is 17.9 Å². The molecule has 1 N–H and O–H groups in total. The molecule has 30 heavy (non-hydrogen) atoms. The molecule has 156 valence electrons. The van der Waals surface area contributed by atoms with Crippen molar-refractivity contribution in [1.82, 2.24) is 20.4 Å². The standard InChI is InChI=1S/C22H22ClFN4O2/c23-19-4-2-1-3-17(19)13-25-22(29)16-9-11-28(12-10-16)14-20-26-21(27-30-20)15-5-7-18(24)8-6-15/h1-8,16H,9-14H2,(H,25,29). The van der Waals surface area contributed by atoms with Crippen molar-refractivity contribution < 1.29 is 13.7 Å². The monoisotopic (exact) mass is 428 g/mol. The van der Waals surface area contributed by atoms with Crippen LogP contribution in [0, 0.1) is 11.7 Å². The van der Waals surface area contributed by atoms with Gasteiger partial charge in [0.25, 0.3) is 0 Å². The Balaban J connectivity index is 1.25. The van der Waals surface area contributed by atoms with Crippen LogP contribution in [-0.4, -0.2) is 34.0 Å². The first-order valence-electron chi connectivity index (χ1n) is 9.90. The summed E-state index contributed by atoms with van der Waals surface area (Å²) in [6.45, 7) is 2.52. The minimum atomic E-state index is -0.304. The molecule has 8 heteroatoms. The SMILES string of the molecule is O=C(NCc1ccccc1Cl)C1CCN(Cc2nc(-c3ccc(F)cc3)no2)CC1. The predicted molar refractivity (Wildman–Crippen MR) is 111 cm³/mol. The molecule has 0 atom stereocenters. The Hall–Kier alpha value is -2.77. The average Bonchev–Trinajstić information content (AvgIpc) is 3.22. The third-order valence-electron chi connectivity index (χ3n) is 5.30. The van der Waals surface area contributed by atoms with Gasteiger partial charge in [-0.2, -0.15) is 4.98 Å². The maximum Gasteiger partial charge on any atom is 0.241 e. The number of likely N-dealkylation sites (tertiary alicyclic amines) is 1. The molecule has 0 unspecified atom stereocenters. The van der Waals surface area contributed by atoms with Crippen molar-refractivity contribution in [2.45, 2.75) is 25.9 Å². The first kappa shape index (κ1) is 20.5. The lowest BCUT2D eigenvalue weighted by Gasteiger charge is -2.30. The molecule has 1 amide bonds. The van der Waals surface area contributed by atoms with Crippen LogP contribution in [0.1, 0.15) is 24.3 Å². The Kier molecular flexibility index (Phi) is 6.40. The van der Waals surface area contributed by atoms with E-state index in [1.165, 1.54) is 12.1 Å². The fourth-order valence-electron chi connectivity index (χ4n) is 3.55. The molecule has 1 aromatic heterocycles. The lowest BCUT2D eigenvalue weighted by Crippen LogP contribution is -2.40. The zero-order valence-electron chi connectivity index (χ0n) is 16.4. The number of benzene rings is 2. The Labute approximate surface area is 179 Å². The number of carbonyl (C=O) groups is 1. The summed E-state index contributed by atoms with van der Waals surface area (Å²) in [5.74, 6) is 0.697. The van der Waals surface area contributed by atoms with Gasteiger partial charge in [-0.3, -0.25) is 9.69 Å². The number of piperidine rings is 1. The number of amides is 1. The third-order valence-corrected chi connectivity index (χ3v) is 5.67. The van der Waals surface area contributed by atoms with E-state index in [9.17, 15) is 9.18 Å². The normalized spacial score (nSPS) is 15.3. The summed E-state index contributed by atoms with van der Waals surface area (Å²) in [7, 11) is 0. The highest BCUT2D eigenvalue weighted by Gasteiger charge is 2.26. The minimum absolute atomic E-state index is 0.0128. The largest absolute Gasteiger partial charge is 0.352 e. The van der Waals surface area contributed by atoms with Gasteiger partial charge in [0.2, 0.25) is 17.6 Å². The van der Waals surface area contributed by atoms with Crippen LogP contribution >= 0.6 is 11.6 Å². The molecule has 4 rings (SSSR count). The van der Waals surface area contributed by atoms with Crippen molar-refractivity contribution in [3.63, 3.8) is 0 Å². The highest BCUT2D eigenvalue weighted by atomic mass is 35.5. The lowest BCUT2D eigenvalue weighted by atomic mass is 9.96. The highest BCUT2D eigenvalue weighted by molar-refractivity contribution is 6.31. The van der Waals surface area contributed by atoms with Gasteiger partial charge in [-0.05, 0) is 61.8 Å². The second kappa shape index (κ2) is 9.36. The van der Waals surface area contributed by atoms with E-state index in [0.717, 1.165) is 31.5 Å². The Bertz CT molecular complexity index is 1000. The van der Waals surface area contributed by atoms with Gasteiger partial charge in [0.15, 0.2) is 0 Å². The van der Waals surface area contributed by atoms with Gasteiger partial charge in [0, 0.05) is 23.0 Å². The summed E-state index contributed by atoms with van der Waals surface area (Å²) in [5, 5.41) is 7.62. The summed E-state index contributed by atoms with van der Waals surface area (Å²) in [6, 6.07) is 13.5. The maximum absolute atomic E-state index is 13.1. The number of nitrogens with one attached hydrogen (secondary N) is 1. The maximum atomic E-state index is 13.1. The first-order valence-corrected chi connectivity index (χ1v) is 10.3. The summed E-state index contributed by atoms with van der Waals surface area (Å²) < 4.78 is 18.4. The zero-order chi connectivity index (χ0) is 20.9. The summed E-state index contributed by atoms with van der Waals surface area (Å²) in [5.41, 5.74) is 1.62. The number of rotatable bonds is 6. The van der Waals surface area contributed by atoms with E-state index < -0.39 is 0 Å². The lowest BCUT2D eigenvalue weighted by molar-refractivity contribution is -0.126. The minimum Gasteiger partial charge on any atom is -0.352 e. The van der Waals surface area contributed by atoms with E-state index >= 15 is 0 Å². The van der Waals surface area contributed by atoms with Crippen LogP contribution in [0.3, 0.4) is 0 Å². The van der Waals surface area contributed by atoms with Crippen LogP contribution in [0.15, 0.2) is 53.1 Å². The van der Waals surface area contributed by atoms with Gasteiger partial charge in [-0.25, -0.2) is 4.39 Å². The van der Waals surface area contributed by atoms with E-state index in [2.05, 4.69) is 20.4 Å². The van der Waals surface area contributed by atoms with Crippen molar-refractivity contribution in [2.75, 3.05) is 13.1 Å². The molecular formula is C22H22ClFN4O2. The summed E-state index contributed by atoms with van der Waals surface area (Å²) in [4.78, 5) is 19.1. The molecule has 3 aromatic rings. The predicted octanol–water partition coefficient (Wildman–Crippen LogP) is 4.06. The summed E-state index contributed by atoms with van der Waals surface area (Å²) in [6.07, 6.45) is 1.54. The molecule has 1 saturated heterocycles. The molecule has 0 bridgehead atoms. The van der Waals surface area contributed by atoms with Gasteiger partial charge < -0.3 is 9.84 Å². The average molecular weight is 429 g/mol. The molecule has 2 aromatic carbocycles. The van der Waals surface area contributed by atoms with Crippen molar-refractivity contribution in [3.05, 3.63) is 70.8 Å². The van der Waals surface area contributed by atoms with Gasteiger partial charge >= 0.3 is 0 Å². The van der Waals surface area contributed by atoms with Crippen LogP contribution in [0.5, 0.6) is 0 Å². The van der Waals surface area contributed by atoms with E-state index in [1.54, 1.807) is 12.1 Å². The molecule has 6 nitrogen and oxygen atoms in total. The molecule has 0 spiro atoms. The molecule has 2 heterocycles. The number of hydrogen-bond donors (Lipinski definition) is 1. The Morgan fingerprint density at radius 3 is 2.63 bits per heavy atom. The van der Waals surface area contributed by atoms with Crippen LogP contribution < -0.4 is 5.32 Å². The van der Waals surface area contributed by atoms with E-state index in [1.807, 2.05) is 24.3 Å². The third kappa shape index (κ3) is 5.04. The summed E-state index contributed by atoms with van der Waals surface area (Å²) >= 11 is 6.14. The first-order chi connectivity index (χ1) is 14.6. The van der Waals surface area contributed by atoms with Gasteiger partial charge in [0.1, 0.15) is 5.82 Å². The second-order valence-electron chi connectivity index (χ2n) is 7.38. The zero-order valence-corrected chi connectivity index (χ0v) is 17.1. The number of carbonyl (C=O) groups excluding carboxylic acids is 1. The van der Waals surface area contributed by atoms with Crippen molar-refractivity contribution in [2.24, 2.45) is 5.92 Å². The van der Waals surface area contributed by atoms with Gasteiger partial charge in [0.05, 0.1) is 6.54 Å². The molecule has 1 aliphatic rings. The van der Waals surface area contributed by atoms with Gasteiger partial charge in [-0.15, -0.1) is 0 Å². The van der Waals surface area contributed by atoms with Gasteiger partial charge in [-0.1, -0.05) is 35.0 Å². The van der Waals surface area contributed by atoms with Crippen molar-refractivity contribution in [1.29, 1.82) is 0 Å². The second-order valence-corrected chi connectivity index (χ2v) is 7.79. The molecule has 0 saturated carbocycles. The fourth-order valence-corrected chi connectivity index (χ4v) is 3.75. The van der Waals surface area contributed by atoms with Crippen molar-refractivity contribution in [3.8, 4) is 11.4 Å². The topological polar surface area (TPSA) is 71.3 Å². The highest BCUT2D eigenvalue weighted by Crippen LogP contribution is 2.21. The van der Waals surface area contributed by atoms with E-state index in [0.29, 0.717) is 35.4 Å². The number of aromatic nitrogens is 2. The number of hydrogen-bond acceptors (Lipinski definition) is 5. The van der Waals surface area contributed by atoms with Crippen LogP contribution in [0.25, 0.3) is 11.4 Å². The molecule has 1 fully saturated rings. The number of nitrogens with zero attached hydrogens (tertiary/aromatic N) is 3. The van der Waals surface area contributed by atoms with E-state index in [4.69, 9.17) is 16.1 Å². The number of halogens is 2. The smallest absolute Gasteiger partial charge is 0.241 e. The van der Waals surface area contributed by atoms with E-state index in [-0.39, 0.29) is 17.6 Å². The molecule has 1 aliphatic heterocycles.